The van der Waals surface area contributed by atoms with Gasteiger partial charge in [0.1, 0.15) is 5.69 Å². The Labute approximate surface area is 154 Å². The molecule has 6 heteroatoms. The van der Waals surface area contributed by atoms with Crippen molar-refractivity contribution in [2.45, 2.75) is 57.4 Å². The Hall–Kier alpha value is -2.11. The maximum atomic E-state index is 12.6. The number of allylic oxidation sites excluding steroid dienone is 1. The van der Waals surface area contributed by atoms with Gasteiger partial charge in [-0.05, 0) is 56.9 Å². The van der Waals surface area contributed by atoms with Crippen LogP contribution in [0, 0.1) is 5.92 Å². The van der Waals surface area contributed by atoms with Crippen molar-refractivity contribution in [1.29, 1.82) is 0 Å². The molecular weight excluding hydrogens is 328 g/mol. The van der Waals surface area contributed by atoms with Crippen LogP contribution >= 0.6 is 0 Å². The van der Waals surface area contributed by atoms with Crippen molar-refractivity contribution in [3.05, 3.63) is 29.6 Å². The minimum absolute atomic E-state index is 0.0248. The lowest BCUT2D eigenvalue weighted by Crippen LogP contribution is -2.57. The first-order chi connectivity index (χ1) is 12.7. The molecule has 3 heterocycles. The number of likely N-dealkylation sites (tertiary alicyclic amines) is 2. The maximum Gasteiger partial charge on any atom is 0.271 e. The largest absolute Gasteiger partial charge is 0.339 e. The Morgan fingerprint density at radius 1 is 1.27 bits per heavy atom. The highest BCUT2D eigenvalue weighted by Gasteiger charge is 2.40. The molecule has 2 atom stereocenters. The van der Waals surface area contributed by atoms with Gasteiger partial charge < -0.3 is 9.80 Å². The second-order valence-corrected chi connectivity index (χ2v) is 7.82. The zero-order valence-corrected chi connectivity index (χ0v) is 15.3. The number of carbonyl (C=O) groups excluding carboxylic acids is 2. The van der Waals surface area contributed by atoms with E-state index in [-0.39, 0.29) is 5.91 Å². The van der Waals surface area contributed by atoms with E-state index in [9.17, 15) is 9.59 Å². The van der Waals surface area contributed by atoms with Crippen LogP contribution in [0.25, 0.3) is 0 Å². The van der Waals surface area contributed by atoms with Gasteiger partial charge in [0.05, 0.1) is 0 Å². The molecule has 26 heavy (non-hydrogen) atoms. The highest BCUT2D eigenvalue weighted by Crippen LogP contribution is 2.32. The summed E-state index contributed by atoms with van der Waals surface area (Å²) in [6.07, 6.45) is 12.4. The fourth-order valence-corrected chi connectivity index (χ4v) is 4.77. The Morgan fingerprint density at radius 2 is 2.19 bits per heavy atom. The van der Waals surface area contributed by atoms with Crippen LogP contribution in [0.5, 0.6) is 0 Å². The second-order valence-electron chi connectivity index (χ2n) is 7.82. The molecule has 6 nitrogen and oxygen atoms in total. The third-order valence-electron chi connectivity index (χ3n) is 6.22. The van der Waals surface area contributed by atoms with Crippen LogP contribution in [-0.4, -0.2) is 57.5 Å². The first-order valence-corrected chi connectivity index (χ1v) is 9.98. The van der Waals surface area contributed by atoms with Crippen LogP contribution in [0.1, 0.15) is 61.9 Å². The quantitative estimate of drug-likeness (QED) is 0.844. The minimum atomic E-state index is 0.0248. The summed E-state index contributed by atoms with van der Waals surface area (Å²) >= 11 is 0. The zero-order chi connectivity index (χ0) is 17.9. The van der Waals surface area contributed by atoms with Gasteiger partial charge in [-0.15, -0.1) is 0 Å². The number of H-pyrrole nitrogens is 1. The van der Waals surface area contributed by atoms with E-state index in [4.69, 9.17) is 0 Å². The predicted octanol–water partition coefficient (Wildman–Crippen LogP) is 2.75. The van der Waals surface area contributed by atoms with Gasteiger partial charge in [0.15, 0.2) is 0 Å². The van der Waals surface area contributed by atoms with E-state index < -0.39 is 0 Å². The molecule has 2 fully saturated rings. The number of aromatic nitrogens is 2. The summed E-state index contributed by atoms with van der Waals surface area (Å²) in [7, 11) is 0. The molecule has 140 valence electrons. The molecule has 3 aliphatic rings. The van der Waals surface area contributed by atoms with Crippen LogP contribution in [0.4, 0.5) is 0 Å². The van der Waals surface area contributed by atoms with E-state index >= 15 is 0 Å². The fraction of sp³-hybridized carbons (Fsp3) is 0.650. The standard InChI is InChI=1S/C20H28N4O2/c25-19-7-6-16-14-23(20(26)17-8-11-21-22-17)12-10-18(16)24(19)13-9-15-4-2-1-3-5-15/h4,8,11,16,18H,1-3,5-7,9-10,12-14H2,(H,21,22)/t16-,18+/m0/s1. The summed E-state index contributed by atoms with van der Waals surface area (Å²) in [5.41, 5.74) is 2.08. The van der Waals surface area contributed by atoms with E-state index in [2.05, 4.69) is 21.2 Å². The second kappa shape index (κ2) is 7.64. The summed E-state index contributed by atoms with van der Waals surface area (Å²) in [6, 6.07) is 2.02. The summed E-state index contributed by atoms with van der Waals surface area (Å²) in [6.45, 7) is 2.31. The summed E-state index contributed by atoms with van der Waals surface area (Å²) < 4.78 is 0. The van der Waals surface area contributed by atoms with Gasteiger partial charge in [-0.2, -0.15) is 5.10 Å². The Morgan fingerprint density at radius 3 is 2.96 bits per heavy atom. The van der Waals surface area contributed by atoms with E-state index in [1.165, 1.54) is 31.3 Å². The molecule has 0 unspecified atom stereocenters. The molecule has 2 amide bonds. The third kappa shape index (κ3) is 3.55. The molecule has 2 saturated heterocycles. The number of nitrogens with one attached hydrogen (secondary N) is 1. The molecule has 1 aromatic heterocycles. The van der Waals surface area contributed by atoms with Crippen molar-refractivity contribution in [3.63, 3.8) is 0 Å². The van der Waals surface area contributed by atoms with Crippen LogP contribution in [0.15, 0.2) is 23.9 Å². The van der Waals surface area contributed by atoms with Crippen LogP contribution in [-0.2, 0) is 4.79 Å². The van der Waals surface area contributed by atoms with Gasteiger partial charge in [0.25, 0.3) is 5.91 Å². The number of fused-ring (bicyclic) bond motifs is 1. The molecule has 0 bridgehead atoms. The molecule has 0 saturated carbocycles. The lowest BCUT2D eigenvalue weighted by molar-refractivity contribution is -0.140. The van der Waals surface area contributed by atoms with Crippen molar-refractivity contribution in [1.82, 2.24) is 20.0 Å². The number of piperidine rings is 2. The van der Waals surface area contributed by atoms with E-state index in [1.807, 2.05) is 4.90 Å². The zero-order valence-electron chi connectivity index (χ0n) is 15.3. The van der Waals surface area contributed by atoms with Crippen LogP contribution < -0.4 is 0 Å². The highest BCUT2D eigenvalue weighted by atomic mass is 16.2. The SMILES string of the molecule is O=C(c1ccn[nH]1)N1CC[C@@H]2[C@@H](CCC(=O)N2CCC2=CCCCC2)C1. The van der Waals surface area contributed by atoms with Gasteiger partial charge >= 0.3 is 0 Å². The highest BCUT2D eigenvalue weighted by molar-refractivity contribution is 5.92. The average molecular weight is 356 g/mol. The number of rotatable bonds is 4. The molecule has 1 N–H and O–H groups in total. The Kier molecular flexibility index (Phi) is 5.09. The lowest BCUT2D eigenvalue weighted by Gasteiger charge is -2.47. The summed E-state index contributed by atoms with van der Waals surface area (Å²) in [4.78, 5) is 29.2. The molecule has 2 aliphatic heterocycles. The van der Waals surface area contributed by atoms with Gasteiger partial charge in [0.2, 0.25) is 5.91 Å². The van der Waals surface area contributed by atoms with E-state index in [0.717, 1.165) is 32.4 Å². The lowest BCUT2D eigenvalue weighted by atomic mass is 9.83. The molecule has 1 aliphatic carbocycles. The van der Waals surface area contributed by atoms with E-state index in [1.54, 1.807) is 12.3 Å². The molecule has 0 spiro atoms. The summed E-state index contributed by atoms with van der Waals surface area (Å²) in [5.74, 6) is 0.724. The number of nitrogens with zero attached hydrogens (tertiary/aromatic N) is 3. The first-order valence-electron chi connectivity index (χ1n) is 9.98. The normalized spacial score (nSPS) is 26.5. The Balaban J connectivity index is 1.38. The van der Waals surface area contributed by atoms with Crippen LogP contribution in [0.3, 0.4) is 0 Å². The number of hydrogen-bond acceptors (Lipinski definition) is 3. The van der Waals surface area contributed by atoms with Crippen molar-refractivity contribution in [2.24, 2.45) is 5.92 Å². The first kappa shape index (κ1) is 17.3. The number of hydrogen-bond donors (Lipinski definition) is 1. The average Bonchev–Trinajstić information content (AvgIpc) is 3.22. The predicted molar refractivity (Wildman–Crippen MR) is 98.5 cm³/mol. The van der Waals surface area contributed by atoms with Crippen molar-refractivity contribution in [2.75, 3.05) is 19.6 Å². The van der Waals surface area contributed by atoms with Gasteiger partial charge in [-0.25, -0.2) is 0 Å². The molecule has 4 rings (SSSR count). The molecular formula is C20H28N4O2. The third-order valence-corrected chi connectivity index (χ3v) is 6.22. The molecule has 0 aromatic carbocycles. The maximum absolute atomic E-state index is 12.6. The van der Waals surface area contributed by atoms with Crippen molar-refractivity contribution < 1.29 is 9.59 Å². The molecule has 0 radical (unpaired) electrons. The van der Waals surface area contributed by atoms with Crippen molar-refractivity contribution in [3.8, 4) is 0 Å². The monoisotopic (exact) mass is 356 g/mol. The van der Waals surface area contributed by atoms with Crippen LogP contribution in [0.2, 0.25) is 0 Å². The minimum Gasteiger partial charge on any atom is -0.339 e. The van der Waals surface area contributed by atoms with Gasteiger partial charge in [0, 0.05) is 38.3 Å². The topological polar surface area (TPSA) is 69.3 Å². The fourth-order valence-electron chi connectivity index (χ4n) is 4.77. The Bertz CT molecular complexity index is 682. The molecule has 1 aromatic rings. The smallest absolute Gasteiger partial charge is 0.271 e. The van der Waals surface area contributed by atoms with Gasteiger partial charge in [-0.3, -0.25) is 14.7 Å². The number of amides is 2. The number of aromatic amines is 1. The van der Waals surface area contributed by atoms with Gasteiger partial charge in [-0.1, -0.05) is 11.6 Å². The number of carbonyl (C=O) groups is 2. The van der Waals surface area contributed by atoms with E-state index in [0.29, 0.717) is 36.5 Å². The van der Waals surface area contributed by atoms with Crippen molar-refractivity contribution >= 4 is 11.8 Å². The summed E-state index contributed by atoms with van der Waals surface area (Å²) in [5, 5.41) is 6.65.